The number of nitrogens with zero attached hydrogens (tertiary/aromatic N) is 2. The van der Waals surface area contributed by atoms with Crippen molar-refractivity contribution in [2.45, 2.75) is 32.0 Å². The third-order valence-corrected chi connectivity index (χ3v) is 4.65. The van der Waals surface area contributed by atoms with Gasteiger partial charge in [-0.2, -0.15) is 0 Å². The monoisotopic (exact) mass is 311 g/mol. The summed E-state index contributed by atoms with van der Waals surface area (Å²) in [5.41, 5.74) is 2.18. The van der Waals surface area contributed by atoms with Crippen LogP contribution in [0.5, 0.6) is 0 Å². The predicted molar refractivity (Wildman–Crippen MR) is 88.1 cm³/mol. The van der Waals surface area contributed by atoms with Crippen LogP contribution >= 0.6 is 0 Å². The Kier molecular flexibility index (Phi) is 3.67. The van der Waals surface area contributed by atoms with E-state index in [0.29, 0.717) is 0 Å². The minimum atomic E-state index is 0.00784. The number of hydrogen-bond acceptors (Lipinski definition) is 4. The van der Waals surface area contributed by atoms with Crippen molar-refractivity contribution >= 4 is 11.0 Å². The average Bonchev–Trinajstić information content (AvgIpc) is 3.23. The quantitative estimate of drug-likeness (QED) is 0.804. The lowest BCUT2D eigenvalue weighted by Crippen LogP contribution is -2.32. The second-order valence-corrected chi connectivity index (χ2v) is 6.10. The Morgan fingerprint density at radius 3 is 3.04 bits per heavy atom. The van der Waals surface area contributed by atoms with Crippen molar-refractivity contribution in [1.29, 1.82) is 0 Å². The number of aryl methyl sites for hydroxylation is 2. The highest BCUT2D eigenvalue weighted by molar-refractivity contribution is 5.82. The topological polar surface area (TPSA) is 52.2 Å². The Morgan fingerprint density at radius 1 is 1.35 bits per heavy atom. The Morgan fingerprint density at radius 2 is 2.22 bits per heavy atom. The summed E-state index contributed by atoms with van der Waals surface area (Å²) < 4.78 is 13.8. The highest BCUT2D eigenvalue weighted by Gasteiger charge is 2.32. The smallest absolute Gasteiger partial charge is 0.139 e. The zero-order chi connectivity index (χ0) is 15.8. The van der Waals surface area contributed by atoms with Crippen LogP contribution in [0.2, 0.25) is 0 Å². The van der Waals surface area contributed by atoms with Crippen molar-refractivity contribution in [3.8, 4) is 0 Å². The lowest BCUT2D eigenvalue weighted by atomic mass is 10.1. The van der Waals surface area contributed by atoms with E-state index in [9.17, 15) is 0 Å². The summed E-state index contributed by atoms with van der Waals surface area (Å²) in [4.78, 5) is 4.44. The van der Waals surface area contributed by atoms with Gasteiger partial charge in [-0.3, -0.25) is 0 Å². The van der Waals surface area contributed by atoms with Gasteiger partial charge in [-0.15, -0.1) is 0 Å². The molecule has 1 aliphatic heterocycles. The molecule has 23 heavy (non-hydrogen) atoms. The fourth-order valence-corrected chi connectivity index (χ4v) is 3.38. The SMILES string of the molecule is Cc1oc2ccccc2c1CN[C@H]1CCO[C@@H]1c1nccn1C. The molecular formula is C18H21N3O2. The van der Waals surface area contributed by atoms with Crippen LogP contribution < -0.4 is 5.32 Å². The van der Waals surface area contributed by atoms with Crippen molar-refractivity contribution in [2.75, 3.05) is 6.61 Å². The number of benzene rings is 1. The minimum Gasteiger partial charge on any atom is -0.461 e. The van der Waals surface area contributed by atoms with Crippen LogP contribution in [0, 0.1) is 6.92 Å². The van der Waals surface area contributed by atoms with E-state index in [1.54, 1.807) is 0 Å². The zero-order valence-corrected chi connectivity index (χ0v) is 13.5. The van der Waals surface area contributed by atoms with Crippen molar-refractivity contribution < 1.29 is 9.15 Å². The van der Waals surface area contributed by atoms with E-state index in [0.717, 1.165) is 36.7 Å². The molecule has 3 aromatic rings. The van der Waals surface area contributed by atoms with Crippen LogP contribution in [0.1, 0.15) is 29.7 Å². The van der Waals surface area contributed by atoms with E-state index >= 15 is 0 Å². The Hall–Kier alpha value is -2.11. The Labute approximate surface area is 135 Å². The number of para-hydroxylation sites is 1. The molecule has 0 unspecified atom stereocenters. The maximum Gasteiger partial charge on any atom is 0.139 e. The molecule has 0 saturated carbocycles. The molecule has 1 aliphatic rings. The van der Waals surface area contributed by atoms with Crippen LogP contribution in [0.25, 0.3) is 11.0 Å². The van der Waals surface area contributed by atoms with Gasteiger partial charge >= 0.3 is 0 Å². The largest absolute Gasteiger partial charge is 0.461 e. The van der Waals surface area contributed by atoms with E-state index in [4.69, 9.17) is 9.15 Å². The Bertz CT molecular complexity index is 821. The highest BCUT2D eigenvalue weighted by atomic mass is 16.5. The first-order valence-electron chi connectivity index (χ1n) is 8.03. The molecule has 2 aromatic heterocycles. The third kappa shape index (κ3) is 2.56. The molecule has 3 heterocycles. The standard InChI is InChI=1S/C18H21N3O2/c1-12-14(13-5-3-4-6-16(13)23-12)11-20-15-7-10-22-17(15)18-19-8-9-21(18)2/h3-6,8-9,15,17,20H,7,10-11H2,1-2H3/t15-,17-/m0/s1. The van der Waals surface area contributed by atoms with Crippen molar-refractivity contribution in [1.82, 2.24) is 14.9 Å². The predicted octanol–water partition coefficient (Wildman–Crippen LogP) is 3.09. The van der Waals surface area contributed by atoms with E-state index in [1.807, 2.05) is 43.1 Å². The molecule has 2 atom stereocenters. The molecule has 0 bridgehead atoms. The first-order valence-corrected chi connectivity index (χ1v) is 8.03. The fourth-order valence-electron chi connectivity index (χ4n) is 3.38. The summed E-state index contributed by atoms with van der Waals surface area (Å²) in [6, 6.07) is 8.45. The highest BCUT2D eigenvalue weighted by Crippen LogP contribution is 2.29. The average molecular weight is 311 g/mol. The second kappa shape index (κ2) is 5.83. The number of ether oxygens (including phenoxy) is 1. The summed E-state index contributed by atoms with van der Waals surface area (Å²) in [6.07, 6.45) is 4.78. The molecule has 0 aliphatic carbocycles. The fraction of sp³-hybridized carbons (Fsp3) is 0.389. The van der Waals surface area contributed by atoms with E-state index in [1.165, 1.54) is 10.9 Å². The maximum atomic E-state index is 5.91. The molecule has 4 rings (SSSR count). The van der Waals surface area contributed by atoms with E-state index in [2.05, 4.69) is 22.4 Å². The van der Waals surface area contributed by atoms with Crippen molar-refractivity contribution in [3.05, 3.63) is 53.8 Å². The zero-order valence-electron chi connectivity index (χ0n) is 13.5. The van der Waals surface area contributed by atoms with Gasteiger partial charge in [0.1, 0.15) is 23.3 Å². The third-order valence-electron chi connectivity index (χ3n) is 4.65. The van der Waals surface area contributed by atoms with Gasteiger partial charge in [-0.1, -0.05) is 18.2 Å². The molecule has 5 heteroatoms. The summed E-state index contributed by atoms with van der Waals surface area (Å²) in [5.74, 6) is 1.96. The number of aromatic nitrogens is 2. The van der Waals surface area contributed by atoms with Crippen LogP contribution in [0.3, 0.4) is 0 Å². The second-order valence-electron chi connectivity index (χ2n) is 6.10. The maximum absolute atomic E-state index is 5.91. The molecule has 1 saturated heterocycles. The van der Waals surface area contributed by atoms with Gasteiger partial charge in [-0.05, 0) is 19.4 Å². The lowest BCUT2D eigenvalue weighted by Gasteiger charge is -2.19. The van der Waals surface area contributed by atoms with Gasteiger partial charge in [0.25, 0.3) is 0 Å². The summed E-state index contributed by atoms with van der Waals surface area (Å²) in [5, 5.41) is 4.83. The van der Waals surface area contributed by atoms with Gasteiger partial charge in [0.05, 0.1) is 0 Å². The van der Waals surface area contributed by atoms with E-state index in [-0.39, 0.29) is 12.1 Å². The number of furan rings is 1. The van der Waals surface area contributed by atoms with Crippen molar-refractivity contribution in [3.63, 3.8) is 0 Å². The van der Waals surface area contributed by atoms with Gasteiger partial charge < -0.3 is 19.0 Å². The number of nitrogens with one attached hydrogen (secondary N) is 1. The molecule has 0 radical (unpaired) electrons. The first kappa shape index (κ1) is 14.5. The summed E-state index contributed by atoms with van der Waals surface area (Å²) >= 11 is 0. The van der Waals surface area contributed by atoms with Crippen LogP contribution in [-0.4, -0.2) is 22.2 Å². The summed E-state index contributed by atoms with van der Waals surface area (Å²) in [6.45, 7) is 3.57. The first-order chi connectivity index (χ1) is 11.2. The van der Waals surface area contributed by atoms with Crippen molar-refractivity contribution in [2.24, 2.45) is 7.05 Å². The van der Waals surface area contributed by atoms with Gasteiger partial charge in [0, 0.05) is 49.6 Å². The molecular weight excluding hydrogens is 290 g/mol. The molecule has 1 N–H and O–H groups in total. The van der Waals surface area contributed by atoms with E-state index < -0.39 is 0 Å². The number of fused-ring (bicyclic) bond motifs is 1. The number of hydrogen-bond donors (Lipinski definition) is 1. The van der Waals surface area contributed by atoms with Gasteiger partial charge in [0.15, 0.2) is 0 Å². The molecule has 1 fully saturated rings. The van der Waals surface area contributed by atoms with Gasteiger partial charge in [0.2, 0.25) is 0 Å². The minimum absolute atomic E-state index is 0.00784. The lowest BCUT2D eigenvalue weighted by molar-refractivity contribution is 0.0893. The number of rotatable bonds is 4. The molecule has 0 amide bonds. The molecule has 5 nitrogen and oxygen atoms in total. The van der Waals surface area contributed by atoms with Crippen LogP contribution in [-0.2, 0) is 18.3 Å². The number of imidazole rings is 1. The summed E-state index contributed by atoms with van der Waals surface area (Å²) in [7, 11) is 2.01. The molecule has 120 valence electrons. The molecule has 0 spiro atoms. The molecule has 1 aromatic carbocycles. The van der Waals surface area contributed by atoms with Crippen LogP contribution in [0.15, 0.2) is 41.1 Å². The van der Waals surface area contributed by atoms with Crippen LogP contribution in [0.4, 0.5) is 0 Å². The van der Waals surface area contributed by atoms with Gasteiger partial charge in [-0.25, -0.2) is 4.98 Å². The normalized spacial score (nSPS) is 21.3. The Balaban J connectivity index is 1.54.